The maximum Gasteiger partial charge on any atom is 0.240 e. The van der Waals surface area contributed by atoms with Crippen molar-refractivity contribution in [2.45, 2.75) is 84.7 Å². The predicted molar refractivity (Wildman–Crippen MR) is 81.2 cm³/mol. The minimum Gasteiger partial charge on any atom is -0.350 e. The monoisotopic (exact) mass is 268 g/mol. The van der Waals surface area contributed by atoms with Crippen LogP contribution in [0.25, 0.3) is 0 Å². The molecule has 0 spiro atoms. The molecule has 1 rings (SSSR count). The summed E-state index contributed by atoms with van der Waals surface area (Å²) in [5.74, 6) is 0.195. The minimum absolute atomic E-state index is 0.152. The maximum absolute atomic E-state index is 12.7. The van der Waals surface area contributed by atoms with E-state index >= 15 is 0 Å². The highest BCUT2D eigenvalue weighted by Gasteiger charge is 2.42. The predicted octanol–water partition coefficient (Wildman–Crippen LogP) is 3.24. The quantitative estimate of drug-likeness (QED) is 0.803. The lowest BCUT2D eigenvalue weighted by Crippen LogP contribution is -2.59. The van der Waals surface area contributed by atoms with Gasteiger partial charge in [0, 0.05) is 5.54 Å². The van der Waals surface area contributed by atoms with Crippen LogP contribution < -0.4 is 10.6 Å². The second kappa shape index (κ2) is 5.82. The van der Waals surface area contributed by atoms with Crippen molar-refractivity contribution >= 4 is 5.91 Å². The van der Waals surface area contributed by atoms with E-state index in [1.54, 1.807) is 0 Å². The van der Waals surface area contributed by atoms with E-state index < -0.39 is 0 Å². The topological polar surface area (TPSA) is 41.1 Å². The van der Waals surface area contributed by atoms with Gasteiger partial charge in [-0.3, -0.25) is 4.79 Å². The molecule has 2 N–H and O–H groups in total. The third-order valence-corrected chi connectivity index (χ3v) is 3.78. The molecule has 0 aliphatic carbocycles. The number of hydrogen-bond acceptors (Lipinski definition) is 2. The molecule has 1 fully saturated rings. The number of carbonyl (C=O) groups excluding carboxylic acids is 1. The van der Waals surface area contributed by atoms with Gasteiger partial charge in [0.15, 0.2) is 0 Å². The number of hydrogen-bond donors (Lipinski definition) is 2. The van der Waals surface area contributed by atoms with Crippen LogP contribution in [-0.2, 0) is 4.79 Å². The van der Waals surface area contributed by atoms with Crippen LogP contribution in [0.1, 0.15) is 73.6 Å². The highest BCUT2D eigenvalue weighted by molar-refractivity contribution is 5.87. The Morgan fingerprint density at radius 2 is 1.89 bits per heavy atom. The van der Waals surface area contributed by atoms with E-state index in [-0.39, 0.29) is 22.4 Å². The molecule has 1 amide bonds. The second-order valence-electron chi connectivity index (χ2n) is 7.94. The average molecular weight is 268 g/mol. The molecule has 0 aromatic heterocycles. The van der Waals surface area contributed by atoms with Gasteiger partial charge >= 0.3 is 0 Å². The van der Waals surface area contributed by atoms with Crippen LogP contribution in [0.4, 0.5) is 0 Å². The molecule has 19 heavy (non-hydrogen) atoms. The zero-order valence-corrected chi connectivity index (χ0v) is 13.7. The van der Waals surface area contributed by atoms with E-state index in [4.69, 9.17) is 0 Å². The van der Waals surface area contributed by atoms with Crippen molar-refractivity contribution in [3.63, 3.8) is 0 Å². The van der Waals surface area contributed by atoms with Crippen molar-refractivity contribution < 1.29 is 4.79 Å². The van der Waals surface area contributed by atoms with Gasteiger partial charge in [-0.15, -0.1) is 0 Å². The summed E-state index contributed by atoms with van der Waals surface area (Å²) in [7, 11) is 0. The van der Waals surface area contributed by atoms with Gasteiger partial charge in [0.1, 0.15) is 0 Å². The molecular formula is C16H32N2O. The van der Waals surface area contributed by atoms with Crippen LogP contribution in [0.3, 0.4) is 0 Å². The first-order valence-corrected chi connectivity index (χ1v) is 7.68. The molecule has 1 aliphatic heterocycles. The fraction of sp³-hybridized carbons (Fsp3) is 0.938. The van der Waals surface area contributed by atoms with Crippen molar-refractivity contribution in [1.82, 2.24) is 10.6 Å². The summed E-state index contributed by atoms with van der Waals surface area (Å²) in [5.41, 5.74) is -0.248. The van der Waals surface area contributed by atoms with Gasteiger partial charge in [0.05, 0.1) is 5.54 Å². The van der Waals surface area contributed by atoms with Crippen LogP contribution in [0.2, 0.25) is 0 Å². The number of amides is 1. The van der Waals surface area contributed by atoms with Gasteiger partial charge in [-0.25, -0.2) is 0 Å². The lowest BCUT2D eigenvalue weighted by atomic mass is 9.81. The molecule has 1 unspecified atom stereocenters. The van der Waals surface area contributed by atoms with Gasteiger partial charge in [0.2, 0.25) is 5.91 Å². The minimum atomic E-state index is -0.316. The van der Waals surface area contributed by atoms with E-state index in [0.717, 1.165) is 38.6 Å². The van der Waals surface area contributed by atoms with Crippen molar-refractivity contribution in [3.05, 3.63) is 0 Å². The Morgan fingerprint density at radius 3 is 2.32 bits per heavy atom. The Hall–Kier alpha value is -0.570. The van der Waals surface area contributed by atoms with Crippen LogP contribution in [0, 0.1) is 5.41 Å². The first-order chi connectivity index (χ1) is 8.60. The summed E-state index contributed by atoms with van der Waals surface area (Å²) in [5, 5.41) is 6.72. The highest BCUT2D eigenvalue weighted by atomic mass is 16.2. The summed E-state index contributed by atoms with van der Waals surface area (Å²) < 4.78 is 0. The first kappa shape index (κ1) is 16.5. The molecule has 1 atom stereocenters. The molecule has 3 heteroatoms. The van der Waals surface area contributed by atoms with Gasteiger partial charge in [-0.2, -0.15) is 0 Å². The van der Waals surface area contributed by atoms with Gasteiger partial charge < -0.3 is 10.6 Å². The standard InChI is InChI=1S/C16H32N2O/c1-7-9-16(10-8-11-17-16)13(19)18-15(5,6)12-14(2,3)4/h17H,7-12H2,1-6H3,(H,18,19). The SMILES string of the molecule is CCCC1(C(=O)NC(C)(C)CC(C)(C)C)CCCN1. The van der Waals surface area contributed by atoms with Crippen molar-refractivity contribution in [2.24, 2.45) is 5.41 Å². The third-order valence-electron chi connectivity index (χ3n) is 3.78. The van der Waals surface area contributed by atoms with Gasteiger partial charge in [-0.1, -0.05) is 34.1 Å². The Morgan fingerprint density at radius 1 is 1.26 bits per heavy atom. The highest BCUT2D eigenvalue weighted by Crippen LogP contribution is 2.29. The third kappa shape index (κ3) is 4.79. The normalized spacial score (nSPS) is 24.5. The summed E-state index contributed by atoms with van der Waals surface area (Å²) >= 11 is 0. The van der Waals surface area contributed by atoms with E-state index in [1.165, 1.54) is 0 Å². The zero-order valence-electron chi connectivity index (χ0n) is 13.7. The largest absolute Gasteiger partial charge is 0.350 e. The van der Waals surface area contributed by atoms with Crippen molar-refractivity contribution in [2.75, 3.05) is 6.54 Å². The van der Waals surface area contributed by atoms with Crippen molar-refractivity contribution in [1.29, 1.82) is 0 Å². The van der Waals surface area contributed by atoms with Gasteiger partial charge in [0.25, 0.3) is 0 Å². The van der Waals surface area contributed by atoms with E-state index in [9.17, 15) is 4.79 Å². The van der Waals surface area contributed by atoms with Crippen LogP contribution in [0.15, 0.2) is 0 Å². The molecule has 0 aromatic carbocycles. The molecular weight excluding hydrogens is 236 g/mol. The molecule has 1 heterocycles. The Kier molecular flexibility index (Phi) is 5.05. The first-order valence-electron chi connectivity index (χ1n) is 7.68. The summed E-state index contributed by atoms with van der Waals surface area (Å²) in [6.07, 6.45) is 5.03. The molecule has 0 saturated carbocycles. The smallest absolute Gasteiger partial charge is 0.240 e. The molecule has 3 nitrogen and oxygen atoms in total. The van der Waals surface area contributed by atoms with E-state index in [2.05, 4.69) is 52.2 Å². The zero-order chi connectivity index (χ0) is 14.7. The fourth-order valence-corrected chi connectivity index (χ4v) is 3.55. The Labute approximate surface area is 118 Å². The van der Waals surface area contributed by atoms with Crippen LogP contribution in [-0.4, -0.2) is 23.5 Å². The van der Waals surface area contributed by atoms with Crippen LogP contribution >= 0.6 is 0 Å². The number of nitrogens with one attached hydrogen (secondary N) is 2. The van der Waals surface area contributed by atoms with E-state index in [1.807, 2.05) is 0 Å². The Bertz CT molecular complexity index is 309. The Balaban J connectivity index is 2.71. The molecule has 0 radical (unpaired) electrons. The van der Waals surface area contributed by atoms with Gasteiger partial charge in [-0.05, 0) is 51.5 Å². The molecule has 112 valence electrons. The maximum atomic E-state index is 12.7. The lowest BCUT2D eigenvalue weighted by molar-refractivity contribution is -0.129. The number of rotatable bonds is 5. The van der Waals surface area contributed by atoms with Crippen molar-refractivity contribution in [3.8, 4) is 0 Å². The molecule has 0 aromatic rings. The summed E-state index contributed by atoms with van der Waals surface area (Å²) in [4.78, 5) is 12.7. The molecule has 1 saturated heterocycles. The molecule has 1 aliphatic rings. The summed E-state index contributed by atoms with van der Waals surface area (Å²) in [6, 6.07) is 0. The lowest BCUT2D eigenvalue weighted by Gasteiger charge is -2.37. The van der Waals surface area contributed by atoms with Crippen LogP contribution in [0.5, 0.6) is 0 Å². The average Bonchev–Trinajstić information content (AvgIpc) is 2.63. The fourth-order valence-electron chi connectivity index (χ4n) is 3.55. The second-order valence-corrected chi connectivity index (χ2v) is 7.94. The summed E-state index contributed by atoms with van der Waals surface area (Å²) in [6.45, 7) is 14.0. The molecule has 0 bridgehead atoms. The number of carbonyl (C=O) groups is 1. The van der Waals surface area contributed by atoms with E-state index in [0.29, 0.717) is 0 Å².